The van der Waals surface area contributed by atoms with E-state index < -0.39 is 17.6 Å². The number of nitrogens with two attached hydrogens (primary N) is 1. The Hall–Kier alpha value is -3.91. The van der Waals surface area contributed by atoms with Crippen molar-refractivity contribution in [3.63, 3.8) is 0 Å². The molecule has 1 aromatic heterocycles. The molecule has 0 aliphatic heterocycles. The highest BCUT2D eigenvalue weighted by Crippen LogP contribution is 2.37. The predicted octanol–water partition coefficient (Wildman–Crippen LogP) is 4.90. The summed E-state index contributed by atoms with van der Waals surface area (Å²) in [7, 11) is 0. The Morgan fingerprint density at radius 3 is 2.07 bits per heavy atom. The van der Waals surface area contributed by atoms with Crippen LogP contribution in [-0.2, 0) is 6.18 Å². The number of rotatable bonds is 2. The molecule has 28 heavy (non-hydrogen) atoms. The molecular weight excluding hydrogens is 372 g/mol. The van der Waals surface area contributed by atoms with Crippen molar-refractivity contribution in [1.82, 2.24) is 4.98 Å². The van der Waals surface area contributed by atoms with Gasteiger partial charge in [0.15, 0.2) is 0 Å². The molecule has 0 atom stereocenters. The van der Waals surface area contributed by atoms with Crippen molar-refractivity contribution in [2.45, 2.75) is 6.18 Å². The first-order valence-corrected chi connectivity index (χ1v) is 7.83. The summed E-state index contributed by atoms with van der Waals surface area (Å²) in [5, 5.41) is 19.1. The molecule has 0 bridgehead atoms. The lowest BCUT2D eigenvalue weighted by Crippen LogP contribution is -2.06. The maximum absolute atomic E-state index is 13.6. The Bertz CT molecular complexity index is 1140. The lowest BCUT2D eigenvalue weighted by molar-refractivity contribution is -0.137. The van der Waals surface area contributed by atoms with Crippen molar-refractivity contribution in [2.24, 2.45) is 0 Å². The van der Waals surface area contributed by atoms with E-state index in [0.29, 0.717) is 0 Å². The van der Waals surface area contributed by atoms with Gasteiger partial charge in [0.25, 0.3) is 0 Å². The molecule has 3 rings (SSSR count). The zero-order valence-corrected chi connectivity index (χ0v) is 14.0. The molecule has 0 radical (unpaired) electrons. The van der Waals surface area contributed by atoms with Crippen LogP contribution in [0.15, 0.2) is 48.5 Å². The van der Waals surface area contributed by atoms with E-state index in [9.17, 15) is 28.1 Å². The van der Waals surface area contributed by atoms with Crippen LogP contribution in [0.2, 0.25) is 0 Å². The summed E-state index contributed by atoms with van der Waals surface area (Å²) in [6, 6.07) is 13.0. The van der Waals surface area contributed by atoms with Gasteiger partial charge in [-0.2, -0.15) is 23.7 Å². The van der Waals surface area contributed by atoms with Crippen molar-refractivity contribution < 1.29 is 17.6 Å². The Balaban J connectivity index is 2.31. The first-order chi connectivity index (χ1) is 13.3. The Morgan fingerprint density at radius 2 is 1.54 bits per heavy atom. The van der Waals surface area contributed by atoms with Gasteiger partial charge in [0.05, 0.1) is 16.8 Å². The molecule has 0 spiro atoms. The predicted molar refractivity (Wildman–Crippen MR) is 93.9 cm³/mol. The molecule has 0 saturated heterocycles. The zero-order valence-electron chi connectivity index (χ0n) is 14.0. The average molecular weight is 382 g/mol. The number of hydrogen-bond acceptors (Lipinski definition) is 4. The largest absolute Gasteiger partial charge is 0.416 e. The number of anilines is 1. The number of nitrogens with zero attached hydrogens (tertiary/aromatic N) is 3. The molecule has 2 aromatic carbocycles. The molecule has 0 amide bonds. The molecule has 138 valence electrons. The summed E-state index contributed by atoms with van der Waals surface area (Å²) >= 11 is 0. The van der Waals surface area contributed by atoms with Gasteiger partial charge in [0.2, 0.25) is 0 Å². The fourth-order valence-electron chi connectivity index (χ4n) is 2.78. The number of nitrogen functional groups attached to an aromatic ring is 1. The summed E-state index contributed by atoms with van der Waals surface area (Å²) in [5.41, 5.74) is 5.27. The number of nitriles is 2. The monoisotopic (exact) mass is 382 g/mol. The van der Waals surface area contributed by atoms with E-state index in [1.807, 2.05) is 12.1 Å². The summed E-state index contributed by atoms with van der Waals surface area (Å²) in [6.07, 6.45) is -4.53. The van der Waals surface area contributed by atoms with E-state index in [2.05, 4.69) is 4.98 Å². The molecule has 1 heterocycles. The van der Waals surface area contributed by atoms with Crippen molar-refractivity contribution in [1.29, 1.82) is 10.5 Å². The lowest BCUT2D eigenvalue weighted by Gasteiger charge is -2.14. The van der Waals surface area contributed by atoms with E-state index in [-0.39, 0.29) is 39.3 Å². The molecule has 3 aromatic rings. The lowest BCUT2D eigenvalue weighted by atomic mass is 9.92. The quantitative estimate of drug-likeness (QED) is 0.639. The van der Waals surface area contributed by atoms with Crippen LogP contribution < -0.4 is 5.73 Å². The molecular formula is C20H10F4N4. The highest BCUT2D eigenvalue weighted by molar-refractivity contribution is 5.87. The Morgan fingerprint density at radius 1 is 0.893 bits per heavy atom. The summed E-state index contributed by atoms with van der Waals surface area (Å²) < 4.78 is 52.1. The summed E-state index contributed by atoms with van der Waals surface area (Å²) in [5.74, 6) is -0.780. The van der Waals surface area contributed by atoms with Crippen molar-refractivity contribution in [3.8, 4) is 34.5 Å². The number of benzene rings is 2. The normalized spacial score (nSPS) is 10.9. The highest BCUT2D eigenvalue weighted by Gasteiger charge is 2.30. The van der Waals surface area contributed by atoms with Gasteiger partial charge in [-0.3, -0.25) is 0 Å². The summed E-state index contributed by atoms with van der Waals surface area (Å²) in [4.78, 5) is 4.06. The molecule has 0 unspecified atom stereocenters. The van der Waals surface area contributed by atoms with Crippen LogP contribution in [-0.4, -0.2) is 4.98 Å². The van der Waals surface area contributed by atoms with E-state index in [1.54, 1.807) is 0 Å². The fraction of sp³-hybridized carbons (Fsp3) is 0.0500. The van der Waals surface area contributed by atoms with Crippen LogP contribution in [0.25, 0.3) is 22.4 Å². The third kappa shape index (κ3) is 3.36. The Labute approximate surface area is 157 Å². The summed E-state index contributed by atoms with van der Waals surface area (Å²) in [6.45, 7) is 0. The van der Waals surface area contributed by atoms with Crippen LogP contribution in [0.1, 0.15) is 16.7 Å². The zero-order chi connectivity index (χ0) is 20.5. The number of hydrogen-bond donors (Lipinski definition) is 1. The van der Waals surface area contributed by atoms with Crippen molar-refractivity contribution >= 4 is 5.82 Å². The molecule has 4 nitrogen and oxygen atoms in total. The third-order valence-corrected chi connectivity index (χ3v) is 4.05. The van der Waals surface area contributed by atoms with Crippen LogP contribution in [0.5, 0.6) is 0 Å². The van der Waals surface area contributed by atoms with Crippen LogP contribution in [0, 0.1) is 28.5 Å². The number of halogens is 4. The van der Waals surface area contributed by atoms with E-state index in [4.69, 9.17) is 5.73 Å². The third-order valence-electron chi connectivity index (χ3n) is 4.05. The smallest absolute Gasteiger partial charge is 0.383 e. The van der Waals surface area contributed by atoms with Gasteiger partial charge < -0.3 is 5.73 Å². The Kier molecular flexibility index (Phi) is 4.72. The van der Waals surface area contributed by atoms with Gasteiger partial charge in [-0.05, 0) is 29.8 Å². The van der Waals surface area contributed by atoms with Gasteiger partial charge in [0, 0.05) is 11.1 Å². The number of pyridine rings is 1. The van der Waals surface area contributed by atoms with Gasteiger partial charge >= 0.3 is 6.18 Å². The van der Waals surface area contributed by atoms with Crippen LogP contribution >= 0.6 is 0 Å². The molecule has 0 fully saturated rings. The van der Waals surface area contributed by atoms with Crippen LogP contribution in [0.4, 0.5) is 23.4 Å². The first kappa shape index (κ1) is 18.9. The second-order valence-electron chi connectivity index (χ2n) is 5.78. The second kappa shape index (κ2) is 7.01. The van der Waals surface area contributed by atoms with Crippen molar-refractivity contribution in [2.75, 3.05) is 5.73 Å². The van der Waals surface area contributed by atoms with Crippen LogP contribution in [0.3, 0.4) is 0 Å². The minimum absolute atomic E-state index is 0.0356. The molecule has 2 N–H and O–H groups in total. The maximum Gasteiger partial charge on any atom is 0.416 e. The number of aromatic nitrogens is 1. The SMILES string of the molecule is N#Cc1c(N)nc(-c2cccc(F)c2)c(C#N)c1-c1ccc(C(F)(F)F)cc1. The number of alkyl halides is 3. The van der Waals surface area contributed by atoms with E-state index in [1.165, 1.54) is 18.2 Å². The maximum atomic E-state index is 13.6. The topological polar surface area (TPSA) is 86.5 Å². The fourth-order valence-corrected chi connectivity index (χ4v) is 2.78. The van der Waals surface area contributed by atoms with E-state index >= 15 is 0 Å². The standard InChI is InChI=1S/C20H10F4N4/c21-14-3-1-2-12(8-14)18-15(9-25)17(16(10-26)19(27)28-18)11-4-6-13(7-5-11)20(22,23)24/h1-8H,(H2,27,28). The average Bonchev–Trinajstić information content (AvgIpc) is 2.66. The van der Waals surface area contributed by atoms with Crippen molar-refractivity contribution in [3.05, 3.63) is 71.0 Å². The van der Waals surface area contributed by atoms with Gasteiger partial charge in [0.1, 0.15) is 29.3 Å². The first-order valence-electron chi connectivity index (χ1n) is 7.83. The molecule has 0 saturated carbocycles. The van der Waals surface area contributed by atoms with E-state index in [0.717, 1.165) is 30.3 Å². The second-order valence-corrected chi connectivity index (χ2v) is 5.78. The minimum Gasteiger partial charge on any atom is -0.383 e. The molecule has 0 aliphatic carbocycles. The van der Waals surface area contributed by atoms with Gasteiger partial charge in [-0.1, -0.05) is 24.3 Å². The van der Waals surface area contributed by atoms with Gasteiger partial charge in [-0.25, -0.2) is 9.37 Å². The molecule has 0 aliphatic rings. The molecule has 8 heteroatoms. The minimum atomic E-state index is -4.53. The highest BCUT2D eigenvalue weighted by atomic mass is 19.4. The van der Waals surface area contributed by atoms with Gasteiger partial charge in [-0.15, -0.1) is 0 Å².